The number of rotatable bonds is 5. The third-order valence-electron chi connectivity index (χ3n) is 3.42. The van der Waals surface area contributed by atoms with E-state index in [1.807, 2.05) is 31.2 Å². The molecule has 3 nitrogen and oxygen atoms in total. The minimum absolute atomic E-state index is 0.675. The lowest BCUT2D eigenvalue weighted by Gasteiger charge is -2.12. The number of hydrogen-bond acceptors (Lipinski definition) is 3. The van der Waals surface area contributed by atoms with Crippen molar-refractivity contribution >= 4 is 5.69 Å². The van der Waals surface area contributed by atoms with Crippen LogP contribution in [0.15, 0.2) is 42.5 Å². The van der Waals surface area contributed by atoms with Crippen molar-refractivity contribution in [3.05, 3.63) is 53.6 Å². The molecule has 0 atom stereocenters. The molecule has 2 aromatic carbocycles. The zero-order chi connectivity index (χ0) is 13.8. The topological polar surface area (TPSA) is 30.5 Å². The van der Waals surface area contributed by atoms with Crippen molar-refractivity contribution in [3.63, 3.8) is 0 Å². The molecule has 0 amide bonds. The first kappa shape index (κ1) is 12.9. The fourth-order valence-corrected chi connectivity index (χ4v) is 2.44. The summed E-state index contributed by atoms with van der Waals surface area (Å²) in [7, 11) is 0. The lowest BCUT2D eigenvalue weighted by Crippen LogP contribution is -2.02. The van der Waals surface area contributed by atoms with Crippen molar-refractivity contribution in [1.29, 1.82) is 0 Å². The Balaban J connectivity index is 1.70. The van der Waals surface area contributed by atoms with Crippen molar-refractivity contribution < 1.29 is 9.47 Å². The molecular formula is C17H19NO2. The Labute approximate surface area is 119 Å². The lowest BCUT2D eigenvalue weighted by atomic mass is 10.1. The van der Waals surface area contributed by atoms with Gasteiger partial charge in [-0.3, -0.25) is 0 Å². The van der Waals surface area contributed by atoms with E-state index in [0.717, 1.165) is 36.8 Å². The highest BCUT2D eigenvalue weighted by Crippen LogP contribution is 2.27. The maximum atomic E-state index is 5.62. The Bertz CT molecular complexity index is 595. The summed E-state index contributed by atoms with van der Waals surface area (Å²) >= 11 is 0. The molecule has 0 bridgehead atoms. The van der Waals surface area contributed by atoms with Crippen LogP contribution in [0.5, 0.6) is 11.5 Å². The van der Waals surface area contributed by atoms with Gasteiger partial charge in [0.25, 0.3) is 0 Å². The number of anilines is 1. The summed E-state index contributed by atoms with van der Waals surface area (Å²) in [6.45, 7) is 4.27. The van der Waals surface area contributed by atoms with Crippen LogP contribution in [-0.2, 0) is 13.0 Å². The molecule has 1 heterocycles. The first-order valence-corrected chi connectivity index (χ1v) is 7.07. The molecule has 0 fully saturated rings. The van der Waals surface area contributed by atoms with Crippen LogP contribution in [0, 0.1) is 0 Å². The Kier molecular flexibility index (Phi) is 3.77. The van der Waals surface area contributed by atoms with Crippen molar-refractivity contribution in [2.45, 2.75) is 19.9 Å². The van der Waals surface area contributed by atoms with E-state index < -0.39 is 0 Å². The molecule has 20 heavy (non-hydrogen) atoms. The van der Waals surface area contributed by atoms with Crippen LogP contribution >= 0.6 is 0 Å². The first-order valence-electron chi connectivity index (χ1n) is 7.07. The van der Waals surface area contributed by atoms with Crippen molar-refractivity contribution in [2.75, 3.05) is 18.5 Å². The van der Waals surface area contributed by atoms with Crippen LogP contribution in [0.4, 0.5) is 5.69 Å². The summed E-state index contributed by atoms with van der Waals surface area (Å²) in [6.07, 6.45) is 1.01. The second-order valence-electron chi connectivity index (χ2n) is 4.82. The van der Waals surface area contributed by atoms with Crippen LogP contribution in [0.25, 0.3) is 0 Å². The normalized spacial score (nSPS) is 12.7. The molecule has 1 aliphatic heterocycles. The minimum atomic E-state index is 0.675. The van der Waals surface area contributed by atoms with E-state index in [4.69, 9.17) is 9.47 Å². The molecule has 0 saturated heterocycles. The molecule has 0 radical (unpaired) electrons. The summed E-state index contributed by atoms with van der Waals surface area (Å²) in [5.41, 5.74) is 3.61. The van der Waals surface area contributed by atoms with E-state index in [2.05, 4.69) is 23.5 Å². The fourth-order valence-electron chi connectivity index (χ4n) is 2.44. The molecule has 0 saturated carbocycles. The molecule has 0 aromatic heterocycles. The smallest absolute Gasteiger partial charge is 0.142 e. The van der Waals surface area contributed by atoms with Gasteiger partial charge < -0.3 is 14.8 Å². The second-order valence-corrected chi connectivity index (χ2v) is 4.82. The average Bonchev–Trinajstić information content (AvgIpc) is 2.94. The fraction of sp³-hybridized carbons (Fsp3) is 0.294. The summed E-state index contributed by atoms with van der Waals surface area (Å²) < 4.78 is 11.1. The van der Waals surface area contributed by atoms with E-state index in [1.54, 1.807) is 0 Å². The van der Waals surface area contributed by atoms with Gasteiger partial charge in [-0.15, -0.1) is 0 Å². The number of fused-ring (bicyclic) bond motifs is 1. The van der Waals surface area contributed by atoms with Crippen molar-refractivity contribution in [3.8, 4) is 11.5 Å². The molecule has 3 heteroatoms. The van der Waals surface area contributed by atoms with Crippen LogP contribution in [0.3, 0.4) is 0 Å². The molecule has 2 aromatic rings. The van der Waals surface area contributed by atoms with Gasteiger partial charge >= 0.3 is 0 Å². The third-order valence-corrected chi connectivity index (χ3v) is 3.42. The van der Waals surface area contributed by atoms with Gasteiger partial charge in [-0.1, -0.05) is 24.3 Å². The number of ether oxygens (including phenoxy) is 2. The monoisotopic (exact) mass is 269 g/mol. The maximum absolute atomic E-state index is 5.62. The maximum Gasteiger partial charge on any atom is 0.142 e. The predicted octanol–water partition coefficient (Wildman–Crippen LogP) is 3.63. The third kappa shape index (κ3) is 2.72. The van der Waals surface area contributed by atoms with Gasteiger partial charge in [0.1, 0.15) is 11.5 Å². The molecule has 1 aliphatic rings. The van der Waals surface area contributed by atoms with Gasteiger partial charge in [-0.05, 0) is 36.2 Å². The predicted molar refractivity (Wildman–Crippen MR) is 80.6 cm³/mol. The van der Waals surface area contributed by atoms with Crippen molar-refractivity contribution in [2.24, 2.45) is 0 Å². The summed E-state index contributed by atoms with van der Waals surface area (Å²) in [5, 5.41) is 3.44. The minimum Gasteiger partial charge on any atom is -0.493 e. The standard InChI is InChI=1S/C17H19NO2/c1-2-19-17-6-4-3-5-15(17)18-12-13-7-8-16-14(11-13)9-10-20-16/h3-8,11,18H,2,9-10,12H2,1H3. The zero-order valence-corrected chi connectivity index (χ0v) is 11.7. The van der Waals surface area contributed by atoms with E-state index in [1.165, 1.54) is 11.1 Å². The highest BCUT2D eigenvalue weighted by Gasteiger charge is 2.12. The molecule has 0 aliphatic carbocycles. The van der Waals surface area contributed by atoms with Crippen LogP contribution < -0.4 is 14.8 Å². The SMILES string of the molecule is CCOc1ccccc1NCc1ccc2c(c1)CCO2. The summed E-state index contributed by atoms with van der Waals surface area (Å²) in [4.78, 5) is 0. The second kappa shape index (κ2) is 5.87. The Hall–Kier alpha value is -2.16. The average molecular weight is 269 g/mol. The summed E-state index contributed by atoms with van der Waals surface area (Å²) in [6, 6.07) is 14.4. The number of benzene rings is 2. The van der Waals surface area contributed by atoms with E-state index in [-0.39, 0.29) is 0 Å². The van der Waals surface area contributed by atoms with Crippen LogP contribution in [0.1, 0.15) is 18.1 Å². The quantitative estimate of drug-likeness (QED) is 0.899. The Morgan fingerprint density at radius 2 is 2.10 bits per heavy atom. The molecule has 1 N–H and O–H groups in total. The van der Waals surface area contributed by atoms with E-state index in [0.29, 0.717) is 6.61 Å². The van der Waals surface area contributed by atoms with Gasteiger partial charge in [0, 0.05) is 13.0 Å². The Morgan fingerprint density at radius 3 is 3.00 bits per heavy atom. The van der Waals surface area contributed by atoms with E-state index in [9.17, 15) is 0 Å². The number of hydrogen-bond donors (Lipinski definition) is 1. The molecule has 104 valence electrons. The largest absolute Gasteiger partial charge is 0.493 e. The van der Waals surface area contributed by atoms with Crippen LogP contribution in [0.2, 0.25) is 0 Å². The molecule has 0 unspecified atom stereocenters. The Morgan fingerprint density at radius 1 is 1.20 bits per heavy atom. The highest BCUT2D eigenvalue weighted by molar-refractivity contribution is 5.56. The lowest BCUT2D eigenvalue weighted by molar-refractivity contribution is 0.341. The first-order chi connectivity index (χ1) is 9.86. The van der Waals surface area contributed by atoms with Crippen molar-refractivity contribution in [1.82, 2.24) is 0 Å². The van der Waals surface area contributed by atoms with E-state index >= 15 is 0 Å². The van der Waals surface area contributed by atoms with Gasteiger partial charge in [0.05, 0.1) is 18.9 Å². The number of nitrogens with one attached hydrogen (secondary N) is 1. The molecular weight excluding hydrogens is 250 g/mol. The zero-order valence-electron chi connectivity index (χ0n) is 11.7. The number of para-hydroxylation sites is 2. The van der Waals surface area contributed by atoms with Gasteiger partial charge in [-0.2, -0.15) is 0 Å². The van der Waals surface area contributed by atoms with Gasteiger partial charge in [0.15, 0.2) is 0 Å². The molecule has 3 rings (SSSR count). The van der Waals surface area contributed by atoms with Crippen LogP contribution in [-0.4, -0.2) is 13.2 Å². The summed E-state index contributed by atoms with van der Waals surface area (Å²) in [5.74, 6) is 1.93. The highest BCUT2D eigenvalue weighted by atomic mass is 16.5. The van der Waals surface area contributed by atoms with Gasteiger partial charge in [-0.25, -0.2) is 0 Å². The molecule has 0 spiro atoms. The van der Waals surface area contributed by atoms with Gasteiger partial charge in [0.2, 0.25) is 0 Å².